The molecule has 84 valence electrons. The van der Waals surface area contributed by atoms with Crippen molar-refractivity contribution < 1.29 is 4.42 Å². The van der Waals surface area contributed by atoms with Gasteiger partial charge in [0.2, 0.25) is 0 Å². The molecule has 0 amide bonds. The summed E-state index contributed by atoms with van der Waals surface area (Å²) < 4.78 is 5.79. The van der Waals surface area contributed by atoms with Gasteiger partial charge in [-0.2, -0.15) is 0 Å². The van der Waals surface area contributed by atoms with E-state index < -0.39 is 0 Å². The van der Waals surface area contributed by atoms with Gasteiger partial charge in [-0.25, -0.2) is 0 Å². The Balaban J connectivity index is 2.07. The number of aryl methyl sites for hydroxylation is 1. The monoisotopic (exact) mass is 215 g/mol. The lowest BCUT2D eigenvalue weighted by Crippen LogP contribution is -2.18. The first-order valence-corrected chi connectivity index (χ1v) is 5.92. The Kier molecular flexibility index (Phi) is 2.08. The molecule has 3 unspecified atom stereocenters. The predicted molar refractivity (Wildman–Crippen MR) is 65.4 cm³/mol. The van der Waals surface area contributed by atoms with Gasteiger partial charge in [0.15, 0.2) is 0 Å². The first kappa shape index (κ1) is 9.91. The molecule has 0 radical (unpaired) electrons. The fourth-order valence-electron chi connectivity index (χ4n) is 2.78. The van der Waals surface area contributed by atoms with Crippen LogP contribution >= 0.6 is 0 Å². The Bertz CT molecular complexity index is 527. The van der Waals surface area contributed by atoms with Crippen molar-refractivity contribution in [2.45, 2.75) is 32.2 Å². The summed E-state index contributed by atoms with van der Waals surface area (Å²) in [6.45, 7) is 4.16. The van der Waals surface area contributed by atoms with E-state index in [1.54, 1.807) is 0 Å². The van der Waals surface area contributed by atoms with Crippen molar-refractivity contribution >= 4 is 11.0 Å². The van der Waals surface area contributed by atoms with Gasteiger partial charge >= 0.3 is 0 Å². The summed E-state index contributed by atoms with van der Waals surface area (Å²) >= 11 is 0. The second-order valence-corrected chi connectivity index (χ2v) is 4.93. The number of hydrogen-bond acceptors (Lipinski definition) is 2. The highest BCUT2D eigenvalue weighted by Crippen LogP contribution is 2.52. The maximum Gasteiger partial charge on any atom is 0.134 e. The SMILES string of the molecule is Cc1oc2ccccc2c1C1CC1C(C)N. The molecule has 0 saturated heterocycles. The zero-order valence-corrected chi connectivity index (χ0v) is 9.73. The van der Waals surface area contributed by atoms with Gasteiger partial charge in [-0.15, -0.1) is 0 Å². The van der Waals surface area contributed by atoms with Gasteiger partial charge in [0.1, 0.15) is 11.3 Å². The van der Waals surface area contributed by atoms with Crippen LogP contribution in [0.5, 0.6) is 0 Å². The standard InChI is InChI=1S/C14H17NO/c1-8(15)11-7-12(11)14-9(2)16-13-6-4-3-5-10(13)14/h3-6,8,11-12H,7,15H2,1-2H3. The minimum Gasteiger partial charge on any atom is -0.461 e. The molecule has 1 aliphatic carbocycles. The Labute approximate surface area is 95.4 Å². The van der Waals surface area contributed by atoms with Crippen LogP contribution in [0.4, 0.5) is 0 Å². The largest absolute Gasteiger partial charge is 0.461 e. The average molecular weight is 215 g/mol. The zero-order valence-electron chi connectivity index (χ0n) is 9.73. The van der Waals surface area contributed by atoms with Crippen molar-refractivity contribution in [3.05, 3.63) is 35.6 Å². The third-order valence-electron chi connectivity index (χ3n) is 3.71. The normalized spacial score (nSPS) is 25.9. The summed E-state index contributed by atoms with van der Waals surface area (Å²) in [5, 5.41) is 1.27. The second kappa shape index (κ2) is 3.36. The molecule has 2 heteroatoms. The predicted octanol–water partition coefficient (Wildman–Crippen LogP) is 3.19. The molecule has 1 fully saturated rings. The molecule has 16 heavy (non-hydrogen) atoms. The average Bonchev–Trinajstić information content (AvgIpc) is 2.95. The summed E-state index contributed by atoms with van der Waals surface area (Å²) in [7, 11) is 0. The van der Waals surface area contributed by atoms with E-state index in [9.17, 15) is 0 Å². The number of para-hydroxylation sites is 1. The van der Waals surface area contributed by atoms with Crippen molar-refractivity contribution in [3.8, 4) is 0 Å². The third kappa shape index (κ3) is 1.37. The summed E-state index contributed by atoms with van der Waals surface area (Å²) in [5.41, 5.74) is 8.35. The van der Waals surface area contributed by atoms with Crippen LogP contribution in [0.3, 0.4) is 0 Å². The minimum atomic E-state index is 0.290. The summed E-state index contributed by atoms with van der Waals surface area (Å²) in [4.78, 5) is 0. The first-order chi connectivity index (χ1) is 7.68. The Morgan fingerprint density at radius 3 is 2.81 bits per heavy atom. The summed E-state index contributed by atoms with van der Waals surface area (Å²) in [6.07, 6.45) is 1.21. The van der Waals surface area contributed by atoms with Gasteiger partial charge < -0.3 is 10.2 Å². The van der Waals surface area contributed by atoms with E-state index in [0.717, 1.165) is 11.3 Å². The van der Waals surface area contributed by atoms with E-state index in [0.29, 0.717) is 11.8 Å². The molecule has 1 aliphatic rings. The topological polar surface area (TPSA) is 39.2 Å². The molecule has 1 saturated carbocycles. The third-order valence-corrected chi connectivity index (χ3v) is 3.71. The van der Waals surface area contributed by atoms with E-state index in [4.69, 9.17) is 10.2 Å². The van der Waals surface area contributed by atoms with Crippen molar-refractivity contribution in [2.24, 2.45) is 11.7 Å². The van der Waals surface area contributed by atoms with Gasteiger partial charge in [0.05, 0.1) is 0 Å². The molecule has 0 aliphatic heterocycles. The van der Waals surface area contributed by atoms with Crippen molar-refractivity contribution in [2.75, 3.05) is 0 Å². The molecule has 2 aromatic rings. The zero-order chi connectivity index (χ0) is 11.3. The Hall–Kier alpha value is -1.28. The van der Waals surface area contributed by atoms with Crippen LogP contribution in [0.15, 0.2) is 28.7 Å². The number of benzene rings is 1. The summed E-state index contributed by atoms with van der Waals surface area (Å²) in [6, 6.07) is 8.57. The van der Waals surface area contributed by atoms with E-state index in [-0.39, 0.29) is 6.04 Å². The fourth-order valence-corrected chi connectivity index (χ4v) is 2.78. The van der Waals surface area contributed by atoms with E-state index in [1.807, 2.05) is 12.1 Å². The minimum absolute atomic E-state index is 0.290. The highest BCUT2D eigenvalue weighted by Gasteiger charge is 2.43. The van der Waals surface area contributed by atoms with Crippen LogP contribution in [0.25, 0.3) is 11.0 Å². The smallest absolute Gasteiger partial charge is 0.134 e. The lowest BCUT2D eigenvalue weighted by Gasteiger charge is -2.03. The van der Waals surface area contributed by atoms with Crippen LogP contribution in [-0.4, -0.2) is 6.04 Å². The van der Waals surface area contributed by atoms with Gasteiger partial charge in [-0.1, -0.05) is 18.2 Å². The number of fused-ring (bicyclic) bond motifs is 1. The lowest BCUT2D eigenvalue weighted by molar-refractivity contribution is 0.567. The summed E-state index contributed by atoms with van der Waals surface area (Å²) in [5.74, 6) is 2.32. The van der Waals surface area contributed by atoms with Gasteiger partial charge in [-0.3, -0.25) is 0 Å². The van der Waals surface area contributed by atoms with E-state index >= 15 is 0 Å². The van der Waals surface area contributed by atoms with E-state index in [2.05, 4.69) is 26.0 Å². The molecule has 3 rings (SSSR count). The number of rotatable bonds is 2. The first-order valence-electron chi connectivity index (χ1n) is 5.92. The number of nitrogens with two attached hydrogens (primary N) is 1. The molecular weight excluding hydrogens is 198 g/mol. The van der Waals surface area contributed by atoms with Crippen LogP contribution in [0, 0.1) is 12.8 Å². The Morgan fingerprint density at radius 1 is 1.38 bits per heavy atom. The quantitative estimate of drug-likeness (QED) is 0.835. The molecule has 1 aromatic heterocycles. The number of hydrogen-bond donors (Lipinski definition) is 1. The van der Waals surface area contributed by atoms with Gasteiger partial charge in [0.25, 0.3) is 0 Å². The second-order valence-electron chi connectivity index (χ2n) is 4.93. The number of furan rings is 1. The molecule has 0 spiro atoms. The van der Waals surface area contributed by atoms with Crippen molar-refractivity contribution in [3.63, 3.8) is 0 Å². The highest BCUT2D eigenvalue weighted by atomic mass is 16.3. The molecule has 3 atom stereocenters. The van der Waals surface area contributed by atoms with Crippen molar-refractivity contribution in [1.29, 1.82) is 0 Å². The van der Waals surface area contributed by atoms with Crippen LogP contribution in [0.1, 0.15) is 30.6 Å². The molecule has 0 bridgehead atoms. The van der Waals surface area contributed by atoms with Crippen LogP contribution in [0.2, 0.25) is 0 Å². The molecule has 1 heterocycles. The maximum absolute atomic E-state index is 5.96. The van der Waals surface area contributed by atoms with Crippen LogP contribution in [-0.2, 0) is 0 Å². The maximum atomic E-state index is 5.96. The van der Waals surface area contributed by atoms with E-state index in [1.165, 1.54) is 17.4 Å². The highest BCUT2D eigenvalue weighted by molar-refractivity contribution is 5.83. The van der Waals surface area contributed by atoms with Crippen LogP contribution < -0.4 is 5.73 Å². The Morgan fingerprint density at radius 2 is 2.12 bits per heavy atom. The van der Waals surface area contributed by atoms with Crippen molar-refractivity contribution in [1.82, 2.24) is 0 Å². The molecule has 2 nitrogen and oxygen atoms in total. The molecular formula is C14H17NO. The van der Waals surface area contributed by atoms with Gasteiger partial charge in [0, 0.05) is 17.0 Å². The molecule has 2 N–H and O–H groups in total. The molecule has 1 aromatic carbocycles. The lowest BCUT2D eigenvalue weighted by atomic mass is 10.0. The van der Waals surface area contributed by atoms with Gasteiger partial charge in [-0.05, 0) is 38.2 Å². The fraction of sp³-hybridized carbons (Fsp3) is 0.429.